The third-order valence-electron chi connectivity index (χ3n) is 2.56. The van der Waals surface area contributed by atoms with Crippen LogP contribution in [0.1, 0.15) is 17.3 Å². The zero-order valence-corrected chi connectivity index (χ0v) is 15.9. The van der Waals surface area contributed by atoms with Gasteiger partial charge in [-0.25, -0.2) is 9.59 Å². The summed E-state index contributed by atoms with van der Waals surface area (Å²) in [5.74, 6) is -1.22. The first-order valence-corrected chi connectivity index (χ1v) is 10.0. The maximum absolute atomic E-state index is 12.0. The molecule has 0 heterocycles. The van der Waals surface area contributed by atoms with E-state index in [1.165, 1.54) is 40.6 Å². The summed E-state index contributed by atoms with van der Waals surface area (Å²) in [6.45, 7) is 0.691. The summed E-state index contributed by atoms with van der Waals surface area (Å²) in [5, 5.41) is 9.06. The van der Waals surface area contributed by atoms with Crippen LogP contribution < -0.4 is 4.74 Å². The number of para-hydroxylation sites is 1. The number of carbonyl (C=O) groups excluding carboxylic acids is 3. The molecule has 0 aliphatic heterocycles. The first kappa shape index (κ1) is 22.6. The molecule has 148 valence electrons. The molecule has 0 amide bonds. The fourth-order valence-corrected chi connectivity index (χ4v) is 3.22. The second-order valence-electron chi connectivity index (χ2n) is 4.59. The van der Waals surface area contributed by atoms with Crippen LogP contribution in [0.3, 0.4) is 0 Å². The largest absolute Gasteiger partial charge is 0.462 e. The van der Waals surface area contributed by atoms with Crippen molar-refractivity contribution in [2.45, 2.75) is 6.92 Å². The molecule has 0 atom stereocenters. The van der Waals surface area contributed by atoms with Crippen LogP contribution in [0.15, 0.2) is 24.3 Å². The fraction of sp³-hybridized carbons (Fsp3) is 0.400. The monoisotopic (exact) mass is 419 g/mol. The van der Waals surface area contributed by atoms with Crippen LogP contribution in [-0.4, -0.2) is 54.3 Å². The van der Waals surface area contributed by atoms with Crippen molar-refractivity contribution < 1.29 is 38.5 Å². The van der Waals surface area contributed by atoms with Gasteiger partial charge in [0.1, 0.15) is 24.5 Å². The van der Waals surface area contributed by atoms with Gasteiger partial charge in [0.05, 0.1) is 0 Å². The molecular weight excluding hydrogens is 402 g/mol. The van der Waals surface area contributed by atoms with Crippen molar-refractivity contribution in [2.24, 2.45) is 0 Å². The summed E-state index contributed by atoms with van der Waals surface area (Å²) in [6.07, 6.45) is 0. The quantitative estimate of drug-likeness (QED) is 0.123. The summed E-state index contributed by atoms with van der Waals surface area (Å²) in [6, 6.07) is 5.99. The lowest BCUT2D eigenvalue weighted by Gasteiger charge is -2.09. The number of esters is 3. The average Bonchev–Trinajstić information content (AvgIpc) is 2.61. The standard InChI is InChI=1S/C15H17NO9S2/c1-11(17)25-13-5-3-2-4-12(13)15(19)23-10-14(18)22-6-8-26-27-9-7-24-16(20)21/h2-5H,6-10H2,1H3. The van der Waals surface area contributed by atoms with Gasteiger partial charge in [-0.1, -0.05) is 33.7 Å². The number of nitrogens with zero attached hydrogens (tertiary/aromatic N) is 1. The van der Waals surface area contributed by atoms with E-state index in [9.17, 15) is 24.5 Å². The highest BCUT2D eigenvalue weighted by Crippen LogP contribution is 2.20. The lowest BCUT2D eigenvalue weighted by atomic mass is 10.2. The van der Waals surface area contributed by atoms with Gasteiger partial charge >= 0.3 is 17.9 Å². The van der Waals surface area contributed by atoms with E-state index in [2.05, 4.69) is 4.84 Å². The van der Waals surface area contributed by atoms with Gasteiger partial charge in [-0.15, -0.1) is 10.1 Å². The molecule has 0 N–H and O–H groups in total. The molecule has 27 heavy (non-hydrogen) atoms. The minimum atomic E-state index is -0.862. The normalized spacial score (nSPS) is 9.96. The highest BCUT2D eigenvalue weighted by molar-refractivity contribution is 8.76. The third-order valence-corrected chi connectivity index (χ3v) is 4.89. The SMILES string of the molecule is CC(=O)Oc1ccccc1C(=O)OCC(=O)OCCSSCCO[N+](=O)[O-]. The van der Waals surface area contributed by atoms with Crippen LogP contribution in [-0.2, 0) is 23.9 Å². The van der Waals surface area contributed by atoms with Crippen molar-refractivity contribution in [3.63, 3.8) is 0 Å². The van der Waals surface area contributed by atoms with E-state index < -0.39 is 29.6 Å². The van der Waals surface area contributed by atoms with Gasteiger partial charge in [-0.3, -0.25) is 4.79 Å². The van der Waals surface area contributed by atoms with Gasteiger partial charge in [0, 0.05) is 18.4 Å². The molecule has 0 aromatic heterocycles. The average molecular weight is 419 g/mol. The van der Waals surface area contributed by atoms with Crippen LogP contribution in [0.25, 0.3) is 0 Å². The number of hydrogen-bond donors (Lipinski definition) is 0. The highest BCUT2D eigenvalue weighted by atomic mass is 33.1. The Hall–Kier alpha value is -2.47. The van der Waals surface area contributed by atoms with Crippen LogP contribution in [0.4, 0.5) is 0 Å². The van der Waals surface area contributed by atoms with Crippen molar-refractivity contribution in [3.05, 3.63) is 39.9 Å². The van der Waals surface area contributed by atoms with Crippen molar-refractivity contribution in [3.8, 4) is 5.75 Å². The molecule has 0 bridgehead atoms. The van der Waals surface area contributed by atoms with Gasteiger partial charge in [0.25, 0.3) is 5.09 Å². The van der Waals surface area contributed by atoms with E-state index in [1.807, 2.05) is 0 Å². The molecule has 0 spiro atoms. The smallest absolute Gasteiger partial charge is 0.344 e. The summed E-state index contributed by atoms with van der Waals surface area (Å²) in [5.41, 5.74) is 0.0180. The maximum atomic E-state index is 12.0. The molecular formula is C15H17NO9S2. The van der Waals surface area contributed by atoms with E-state index in [1.54, 1.807) is 12.1 Å². The molecule has 1 rings (SSSR count). The first-order valence-electron chi connectivity index (χ1n) is 7.52. The first-order chi connectivity index (χ1) is 12.9. The molecule has 0 aliphatic rings. The fourth-order valence-electron chi connectivity index (χ4n) is 1.58. The van der Waals surface area contributed by atoms with Gasteiger partial charge in [0.15, 0.2) is 6.61 Å². The summed E-state index contributed by atoms with van der Waals surface area (Å²) < 4.78 is 14.6. The Kier molecular flexibility index (Phi) is 10.7. The van der Waals surface area contributed by atoms with Gasteiger partial charge < -0.3 is 19.0 Å². The minimum absolute atomic E-state index is 0.0180. The number of ether oxygens (including phenoxy) is 3. The van der Waals surface area contributed by atoms with E-state index in [0.717, 1.165) is 0 Å². The Balaban J connectivity index is 2.22. The van der Waals surface area contributed by atoms with Gasteiger partial charge in [-0.2, -0.15) is 0 Å². The van der Waals surface area contributed by atoms with Crippen LogP contribution in [0, 0.1) is 10.1 Å². The van der Waals surface area contributed by atoms with Crippen LogP contribution in [0.5, 0.6) is 5.75 Å². The summed E-state index contributed by atoms with van der Waals surface area (Å²) >= 11 is 0. The Morgan fingerprint density at radius 1 is 1.07 bits per heavy atom. The van der Waals surface area contributed by atoms with Crippen LogP contribution >= 0.6 is 21.6 Å². The lowest BCUT2D eigenvalue weighted by molar-refractivity contribution is -0.756. The lowest BCUT2D eigenvalue weighted by Crippen LogP contribution is -2.18. The molecule has 0 unspecified atom stereocenters. The highest BCUT2D eigenvalue weighted by Gasteiger charge is 2.16. The second-order valence-corrected chi connectivity index (χ2v) is 7.29. The second kappa shape index (κ2) is 12.8. The predicted octanol–water partition coefficient (Wildman–Crippen LogP) is 1.90. The Labute approximate surface area is 162 Å². The summed E-state index contributed by atoms with van der Waals surface area (Å²) in [7, 11) is 2.69. The Bertz CT molecular complexity index is 668. The van der Waals surface area contributed by atoms with Crippen LogP contribution in [0.2, 0.25) is 0 Å². The Morgan fingerprint density at radius 3 is 2.41 bits per heavy atom. The topological polar surface area (TPSA) is 131 Å². The molecule has 0 saturated heterocycles. The molecule has 0 fully saturated rings. The molecule has 0 aliphatic carbocycles. The molecule has 12 heteroatoms. The minimum Gasteiger partial charge on any atom is -0.462 e. The maximum Gasteiger partial charge on any atom is 0.344 e. The van der Waals surface area contributed by atoms with Crippen molar-refractivity contribution in [1.82, 2.24) is 0 Å². The van der Waals surface area contributed by atoms with Crippen molar-refractivity contribution >= 4 is 39.5 Å². The molecule has 10 nitrogen and oxygen atoms in total. The third kappa shape index (κ3) is 10.3. The van der Waals surface area contributed by atoms with Gasteiger partial charge in [-0.05, 0) is 12.1 Å². The van der Waals surface area contributed by atoms with E-state index in [4.69, 9.17) is 14.2 Å². The number of hydrogen-bond acceptors (Lipinski definition) is 11. The van der Waals surface area contributed by atoms with Gasteiger partial charge in [0.2, 0.25) is 0 Å². The molecule has 1 aromatic carbocycles. The molecule has 1 aromatic rings. The number of carbonyl (C=O) groups is 3. The zero-order chi connectivity index (χ0) is 20.1. The summed E-state index contributed by atoms with van der Waals surface area (Å²) in [4.78, 5) is 48.6. The predicted molar refractivity (Wildman–Crippen MR) is 96.9 cm³/mol. The molecule has 0 radical (unpaired) electrons. The van der Waals surface area contributed by atoms with E-state index >= 15 is 0 Å². The molecule has 0 saturated carbocycles. The van der Waals surface area contributed by atoms with E-state index in [0.29, 0.717) is 11.5 Å². The zero-order valence-electron chi connectivity index (χ0n) is 14.3. The van der Waals surface area contributed by atoms with Crippen molar-refractivity contribution in [1.29, 1.82) is 0 Å². The van der Waals surface area contributed by atoms with Crippen molar-refractivity contribution in [2.75, 3.05) is 31.3 Å². The number of rotatable bonds is 12. The van der Waals surface area contributed by atoms with E-state index in [-0.39, 0.29) is 24.5 Å². The number of benzene rings is 1. The Morgan fingerprint density at radius 2 is 1.74 bits per heavy atom.